The molecule has 0 radical (unpaired) electrons. The van der Waals surface area contributed by atoms with Crippen LogP contribution in [0.1, 0.15) is 18.5 Å². The van der Waals surface area contributed by atoms with Crippen LogP contribution in [0.15, 0.2) is 18.3 Å². The van der Waals surface area contributed by atoms with E-state index >= 15 is 0 Å². The number of nitrogens with two attached hydrogens (primary N) is 2. The number of hydrogen-bond acceptors (Lipinski definition) is 3. The van der Waals surface area contributed by atoms with Gasteiger partial charge in [0, 0.05) is 18.7 Å². The lowest BCUT2D eigenvalue weighted by atomic mass is 10.1. The van der Waals surface area contributed by atoms with Crippen molar-refractivity contribution < 1.29 is 0 Å². The molecule has 11 heavy (non-hydrogen) atoms. The molecule has 1 unspecified atom stereocenters. The van der Waals surface area contributed by atoms with Crippen LogP contribution in [0.2, 0.25) is 0 Å². The Bertz CT molecular complexity index is 235. The van der Waals surface area contributed by atoms with Crippen LogP contribution in [-0.4, -0.2) is 11.5 Å². The molecule has 0 saturated heterocycles. The Balaban J connectivity index is 2.93. The Morgan fingerprint density at radius 2 is 2.36 bits per heavy atom. The van der Waals surface area contributed by atoms with Crippen molar-refractivity contribution in [2.24, 2.45) is 5.73 Å². The molecule has 0 aliphatic carbocycles. The quantitative estimate of drug-likeness (QED) is 0.654. The highest BCUT2D eigenvalue weighted by Crippen LogP contribution is 2.16. The fraction of sp³-hybridized carbons (Fsp3) is 0.375. The first-order valence-electron chi connectivity index (χ1n) is 3.66. The number of pyridine rings is 1. The molecule has 1 aromatic heterocycles. The Morgan fingerprint density at radius 1 is 1.64 bits per heavy atom. The smallest absolute Gasteiger partial charge is 0.0673 e. The van der Waals surface area contributed by atoms with E-state index in [0.29, 0.717) is 6.54 Å². The predicted octanol–water partition coefficient (Wildman–Crippen LogP) is 0.726. The van der Waals surface area contributed by atoms with E-state index in [0.717, 1.165) is 11.4 Å². The number of nitrogens with zero attached hydrogens (tertiary/aromatic N) is 1. The van der Waals surface area contributed by atoms with Crippen molar-refractivity contribution in [3.63, 3.8) is 0 Å². The van der Waals surface area contributed by atoms with E-state index in [2.05, 4.69) is 4.98 Å². The normalized spacial score (nSPS) is 12.9. The van der Waals surface area contributed by atoms with Crippen LogP contribution in [0.3, 0.4) is 0 Å². The van der Waals surface area contributed by atoms with Crippen molar-refractivity contribution in [1.29, 1.82) is 0 Å². The van der Waals surface area contributed by atoms with Gasteiger partial charge in [0.05, 0.1) is 11.4 Å². The lowest BCUT2D eigenvalue weighted by Crippen LogP contribution is -2.12. The molecule has 1 atom stereocenters. The maximum absolute atomic E-state index is 5.68. The summed E-state index contributed by atoms with van der Waals surface area (Å²) in [5, 5.41) is 0. The fourth-order valence-corrected chi connectivity index (χ4v) is 0.953. The lowest BCUT2D eigenvalue weighted by Gasteiger charge is -2.09. The molecule has 1 rings (SSSR count). The maximum atomic E-state index is 5.68. The molecule has 4 N–H and O–H groups in total. The van der Waals surface area contributed by atoms with Crippen molar-refractivity contribution >= 4 is 5.69 Å². The average Bonchev–Trinajstić information content (AvgIpc) is 2.04. The molecular formula is C8H13N3. The summed E-state index contributed by atoms with van der Waals surface area (Å²) in [6, 6.07) is 3.66. The summed E-state index contributed by atoms with van der Waals surface area (Å²) in [6.07, 6.45) is 1.73. The zero-order chi connectivity index (χ0) is 8.27. The van der Waals surface area contributed by atoms with Crippen LogP contribution >= 0.6 is 0 Å². The van der Waals surface area contributed by atoms with E-state index in [-0.39, 0.29) is 5.92 Å². The van der Waals surface area contributed by atoms with Crippen molar-refractivity contribution in [2.45, 2.75) is 12.8 Å². The number of anilines is 1. The molecule has 0 fully saturated rings. The van der Waals surface area contributed by atoms with Crippen molar-refractivity contribution in [3.8, 4) is 0 Å². The van der Waals surface area contributed by atoms with Gasteiger partial charge in [0.2, 0.25) is 0 Å². The highest BCUT2D eigenvalue weighted by molar-refractivity contribution is 5.43. The fourth-order valence-electron chi connectivity index (χ4n) is 0.953. The monoisotopic (exact) mass is 151 g/mol. The third-order valence-corrected chi connectivity index (χ3v) is 1.69. The minimum absolute atomic E-state index is 0.246. The third kappa shape index (κ3) is 1.68. The molecule has 0 aromatic carbocycles. The molecule has 0 aliphatic rings. The van der Waals surface area contributed by atoms with Gasteiger partial charge in [-0.1, -0.05) is 6.92 Å². The van der Waals surface area contributed by atoms with Crippen LogP contribution in [0.5, 0.6) is 0 Å². The molecule has 0 bridgehead atoms. The minimum Gasteiger partial charge on any atom is -0.397 e. The highest BCUT2D eigenvalue weighted by Gasteiger charge is 2.06. The SMILES string of the molecule is CC(CN)c1ncccc1N. The Hall–Kier alpha value is -1.09. The van der Waals surface area contributed by atoms with Gasteiger partial charge in [-0.3, -0.25) is 4.98 Å². The first kappa shape index (κ1) is 8.01. The van der Waals surface area contributed by atoms with Crippen molar-refractivity contribution in [3.05, 3.63) is 24.0 Å². The summed E-state index contributed by atoms with van der Waals surface area (Å²) in [7, 11) is 0. The number of aromatic nitrogens is 1. The molecule has 0 saturated carbocycles. The van der Waals surface area contributed by atoms with Crippen LogP contribution in [0.4, 0.5) is 5.69 Å². The van der Waals surface area contributed by atoms with Crippen molar-refractivity contribution in [2.75, 3.05) is 12.3 Å². The molecule has 0 spiro atoms. The molecule has 60 valence electrons. The molecule has 0 amide bonds. The second kappa shape index (κ2) is 3.34. The highest BCUT2D eigenvalue weighted by atomic mass is 14.7. The zero-order valence-electron chi connectivity index (χ0n) is 6.62. The second-order valence-corrected chi connectivity index (χ2v) is 2.61. The van der Waals surface area contributed by atoms with E-state index in [9.17, 15) is 0 Å². The topological polar surface area (TPSA) is 64.9 Å². The van der Waals surface area contributed by atoms with Gasteiger partial charge in [-0.25, -0.2) is 0 Å². The van der Waals surface area contributed by atoms with Gasteiger partial charge in [0.15, 0.2) is 0 Å². The summed E-state index contributed by atoms with van der Waals surface area (Å²) in [5.74, 6) is 0.246. The maximum Gasteiger partial charge on any atom is 0.0673 e. The third-order valence-electron chi connectivity index (χ3n) is 1.69. The summed E-state index contributed by atoms with van der Waals surface area (Å²) >= 11 is 0. The van der Waals surface area contributed by atoms with Crippen LogP contribution in [0.25, 0.3) is 0 Å². The van der Waals surface area contributed by atoms with Crippen molar-refractivity contribution in [1.82, 2.24) is 4.98 Å². The second-order valence-electron chi connectivity index (χ2n) is 2.61. The largest absolute Gasteiger partial charge is 0.397 e. The predicted molar refractivity (Wildman–Crippen MR) is 46.1 cm³/mol. The van der Waals surface area contributed by atoms with Gasteiger partial charge >= 0.3 is 0 Å². The van der Waals surface area contributed by atoms with Gasteiger partial charge in [0.25, 0.3) is 0 Å². The van der Waals surface area contributed by atoms with E-state index in [4.69, 9.17) is 11.5 Å². The molecule has 1 heterocycles. The number of rotatable bonds is 2. The van der Waals surface area contributed by atoms with Crippen LogP contribution < -0.4 is 11.5 Å². The van der Waals surface area contributed by atoms with Gasteiger partial charge in [0.1, 0.15) is 0 Å². The minimum atomic E-state index is 0.246. The van der Waals surface area contributed by atoms with E-state index in [1.54, 1.807) is 6.20 Å². The van der Waals surface area contributed by atoms with Gasteiger partial charge in [-0.2, -0.15) is 0 Å². The summed E-state index contributed by atoms with van der Waals surface area (Å²) in [6.45, 7) is 2.60. The summed E-state index contributed by atoms with van der Waals surface area (Å²) < 4.78 is 0. The summed E-state index contributed by atoms with van der Waals surface area (Å²) in [5.41, 5.74) is 12.8. The molecule has 1 aromatic rings. The molecule has 0 aliphatic heterocycles. The first-order valence-corrected chi connectivity index (χ1v) is 3.66. The van der Waals surface area contributed by atoms with E-state index < -0.39 is 0 Å². The standard InChI is InChI=1S/C8H13N3/c1-6(5-9)8-7(10)3-2-4-11-8/h2-4,6H,5,9-10H2,1H3. The Kier molecular flexibility index (Phi) is 2.44. The number of nitrogen functional groups attached to an aromatic ring is 1. The lowest BCUT2D eigenvalue weighted by molar-refractivity contribution is 0.748. The molecule has 3 nitrogen and oxygen atoms in total. The first-order chi connectivity index (χ1) is 5.25. The molecule has 3 heteroatoms. The van der Waals surface area contributed by atoms with Crippen LogP contribution in [0, 0.1) is 0 Å². The van der Waals surface area contributed by atoms with Gasteiger partial charge in [-0.05, 0) is 12.1 Å². The van der Waals surface area contributed by atoms with Gasteiger partial charge in [-0.15, -0.1) is 0 Å². The van der Waals surface area contributed by atoms with Gasteiger partial charge < -0.3 is 11.5 Å². The van der Waals surface area contributed by atoms with Crippen LogP contribution in [-0.2, 0) is 0 Å². The summed E-state index contributed by atoms with van der Waals surface area (Å²) in [4.78, 5) is 4.14. The zero-order valence-corrected chi connectivity index (χ0v) is 6.62. The Labute approximate surface area is 66.4 Å². The Morgan fingerprint density at radius 3 is 2.91 bits per heavy atom. The van der Waals surface area contributed by atoms with E-state index in [1.807, 2.05) is 19.1 Å². The van der Waals surface area contributed by atoms with E-state index in [1.165, 1.54) is 0 Å². The number of hydrogen-bond donors (Lipinski definition) is 2. The average molecular weight is 151 g/mol. The molecular weight excluding hydrogens is 138 g/mol.